The van der Waals surface area contributed by atoms with Crippen molar-refractivity contribution in [1.82, 2.24) is 4.90 Å². The largest absolute Gasteiger partial charge is 0.484 e. The van der Waals surface area contributed by atoms with Crippen LogP contribution < -0.4 is 10.1 Å². The molecular formula is C20H23N3O4. The summed E-state index contributed by atoms with van der Waals surface area (Å²) in [5, 5.41) is 13.4. The van der Waals surface area contributed by atoms with E-state index in [0.717, 1.165) is 25.3 Å². The van der Waals surface area contributed by atoms with Gasteiger partial charge in [-0.15, -0.1) is 0 Å². The van der Waals surface area contributed by atoms with E-state index in [-0.39, 0.29) is 18.2 Å². The number of benzene rings is 2. The minimum atomic E-state index is -0.481. The Bertz CT molecular complexity index is 769. The Morgan fingerprint density at radius 2 is 1.70 bits per heavy atom. The first-order chi connectivity index (χ1) is 13.1. The lowest BCUT2D eigenvalue weighted by Gasteiger charge is -2.26. The molecule has 1 N–H and O–H groups in total. The number of piperidine rings is 1. The van der Waals surface area contributed by atoms with Crippen LogP contribution in [0.15, 0.2) is 48.5 Å². The molecule has 7 heteroatoms. The Morgan fingerprint density at radius 3 is 2.33 bits per heavy atom. The maximum absolute atomic E-state index is 12.0. The van der Waals surface area contributed by atoms with Crippen LogP contribution in [0.25, 0.3) is 0 Å². The van der Waals surface area contributed by atoms with Crippen LogP contribution in [0.4, 0.5) is 11.4 Å². The van der Waals surface area contributed by atoms with Crippen LogP contribution in [0.1, 0.15) is 24.8 Å². The van der Waals surface area contributed by atoms with Gasteiger partial charge in [0.25, 0.3) is 11.6 Å². The number of nitro benzene ring substituents is 1. The molecule has 0 aliphatic carbocycles. The monoisotopic (exact) mass is 369 g/mol. The zero-order valence-corrected chi connectivity index (χ0v) is 15.1. The highest BCUT2D eigenvalue weighted by Gasteiger charge is 2.11. The number of hydrogen-bond acceptors (Lipinski definition) is 5. The Kier molecular flexibility index (Phi) is 6.38. The van der Waals surface area contributed by atoms with Gasteiger partial charge in [-0.05, 0) is 55.8 Å². The average Bonchev–Trinajstić information content (AvgIpc) is 2.69. The van der Waals surface area contributed by atoms with Gasteiger partial charge >= 0.3 is 0 Å². The molecule has 0 spiro atoms. The molecule has 0 saturated carbocycles. The maximum Gasteiger partial charge on any atom is 0.269 e. The summed E-state index contributed by atoms with van der Waals surface area (Å²) in [7, 11) is 0. The Morgan fingerprint density at radius 1 is 1.04 bits per heavy atom. The summed E-state index contributed by atoms with van der Waals surface area (Å²) < 4.78 is 5.36. The van der Waals surface area contributed by atoms with E-state index in [1.807, 2.05) is 24.3 Å². The molecule has 0 radical (unpaired) electrons. The van der Waals surface area contributed by atoms with Gasteiger partial charge in [0.2, 0.25) is 0 Å². The summed E-state index contributed by atoms with van der Waals surface area (Å²) in [5.41, 5.74) is 1.93. The number of ether oxygens (including phenoxy) is 1. The first-order valence-corrected chi connectivity index (χ1v) is 9.08. The molecule has 1 aliphatic heterocycles. The van der Waals surface area contributed by atoms with Crippen LogP contribution in [0.2, 0.25) is 0 Å². The fraction of sp³-hybridized carbons (Fsp3) is 0.350. The number of amides is 1. The molecule has 0 bridgehead atoms. The summed E-state index contributed by atoms with van der Waals surface area (Å²) in [4.78, 5) is 24.6. The minimum absolute atomic E-state index is 0.0172. The van der Waals surface area contributed by atoms with E-state index >= 15 is 0 Å². The van der Waals surface area contributed by atoms with Gasteiger partial charge in [0.15, 0.2) is 6.61 Å². The van der Waals surface area contributed by atoms with E-state index in [0.29, 0.717) is 5.75 Å². The number of nitrogens with one attached hydrogen (secondary N) is 1. The lowest BCUT2D eigenvalue weighted by atomic mass is 10.1. The van der Waals surface area contributed by atoms with Crippen molar-refractivity contribution in [3.63, 3.8) is 0 Å². The number of carbonyl (C=O) groups is 1. The molecule has 3 rings (SSSR count). The standard InChI is InChI=1S/C20H23N3O4/c24-20(15-27-19-10-8-18(9-11-19)23(25)26)21-17-6-4-16(5-7-17)14-22-12-2-1-3-13-22/h4-11H,1-3,12-15H2,(H,21,24). The van der Waals surface area contributed by atoms with Gasteiger partial charge in [-0.25, -0.2) is 0 Å². The number of likely N-dealkylation sites (tertiary alicyclic amines) is 1. The second kappa shape index (κ2) is 9.14. The summed E-state index contributed by atoms with van der Waals surface area (Å²) in [6.07, 6.45) is 3.86. The van der Waals surface area contributed by atoms with Crippen LogP contribution >= 0.6 is 0 Å². The normalized spacial score (nSPS) is 14.5. The molecule has 0 atom stereocenters. The van der Waals surface area contributed by atoms with E-state index in [9.17, 15) is 14.9 Å². The molecule has 7 nitrogen and oxygen atoms in total. The van der Waals surface area contributed by atoms with Crippen LogP contribution in [-0.2, 0) is 11.3 Å². The molecule has 2 aromatic carbocycles. The summed E-state index contributed by atoms with van der Waals surface area (Å²) in [5.74, 6) is 0.129. The highest BCUT2D eigenvalue weighted by molar-refractivity contribution is 5.91. The van der Waals surface area contributed by atoms with Crippen molar-refractivity contribution in [2.75, 3.05) is 25.0 Å². The molecule has 1 aliphatic rings. The average molecular weight is 369 g/mol. The SMILES string of the molecule is O=C(COc1ccc([N+](=O)[O-])cc1)Nc1ccc(CN2CCCCC2)cc1. The predicted molar refractivity (Wildman–Crippen MR) is 103 cm³/mol. The number of nitrogens with zero attached hydrogens (tertiary/aromatic N) is 2. The molecule has 1 saturated heterocycles. The molecule has 1 fully saturated rings. The van der Waals surface area contributed by atoms with E-state index in [2.05, 4.69) is 10.2 Å². The smallest absolute Gasteiger partial charge is 0.269 e. The van der Waals surface area contributed by atoms with E-state index in [4.69, 9.17) is 4.74 Å². The van der Waals surface area contributed by atoms with Gasteiger partial charge in [0.1, 0.15) is 5.75 Å². The molecule has 27 heavy (non-hydrogen) atoms. The highest BCUT2D eigenvalue weighted by Crippen LogP contribution is 2.18. The van der Waals surface area contributed by atoms with Crippen molar-refractivity contribution >= 4 is 17.3 Å². The second-order valence-electron chi connectivity index (χ2n) is 6.62. The van der Waals surface area contributed by atoms with Gasteiger partial charge in [-0.2, -0.15) is 0 Å². The lowest BCUT2D eigenvalue weighted by molar-refractivity contribution is -0.384. The maximum atomic E-state index is 12.0. The van der Waals surface area contributed by atoms with Gasteiger partial charge in [-0.3, -0.25) is 19.8 Å². The Labute approximate surface area is 158 Å². The molecule has 1 amide bonds. The summed E-state index contributed by atoms with van der Waals surface area (Å²) in [6.45, 7) is 3.09. The van der Waals surface area contributed by atoms with Gasteiger partial charge in [0.05, 0.1) is 4.92 Å². The van der Waals surface area contributed by atoms with Crippen molar-refractivity contribution in [3.05, 3.63) is 64.2 Å². The first kappa shape index (κ1) is 18.8. The van der Waals surface area contributed by atoms with E-state index < -0.39 is 4.92 Å². The van der Waals surface area contributed by atoms with Crippen molar-refractivity contribution < 1.29 is 14.5 Å². The van der Waals surface area contributed by atoms with Crippen molar-refractivity contribution in [3.8, 4) is 5.75 Å². The number of rotatable bonds is 7. The van der Waals surface area contributed by atoms with Crippen molar-refractivity contribution in [2.24, 2.45) is 0 Å². The van der Waals surface area contributed by atoms with E-state index in [1.54, 1.807) is 0 Å². The fourth-order valence-electron chi connectivity index (χ4n) is 3.08. The number of carbonyl (C=O) groups excluding carboxylic acids is 1. The van der Waals surface area contributed by atoms with Crippen LogP contribution in [0.3, 0.4) is 0 Å². The molecule has 0 aromatic heterocycles. The number of anilines is 1. The summed E-state index contributed by atoms with van der Waals surface area (Å²) >= 11 is 0. The Hall–Kier alpha value is -2.93. The van der Waals surface area contributed by atoms with Crippen LogP contribution in [-0.4, -0.2) is 35.4 Å². The van der Waals surface area contributed by atoms with Crippen LogP contribution in [0, 0.1) is 10.1 Å². The highest BCUT2D eigenvalue weighted by atomic mass is 16.6. The molecule has 0 unspecified atom stereocenters. The molecule has 1 heterocycles. The third kappa shape index (κ3) is 5.79. The topological polar surface area (TPSA) is 84.7 Å². The fourth-order valence-corrected chi connectivity index (χ4v) is 3.08. The summed E-state index contributed by atoms with van der Waals surface area (Å²) in [6, 6.07) is 13.5. The molecule has 142 valence electrons. The number of non-ortho nitro benzene ring substituents is 1. The first-order valence-electron chi connectivity index (χ1n) is 9.08. The number of hydrogen-bond donors (Lipinski definition) is 1. The third-order valence-electron chi connectivity index (χ3n) is 4.51. The number of nitro groups is 1. The minimum Gasteiger partial charge on any atom is -0.484 e. The van der Waals surface area contributed by atoms with Crippen molar-refractivity contribution in [2.45, 2.75) is 25.8 Å². The van der Waals surface area contributed by atoms with Crippen molar-refractivity contribution in [1.29, 1.82) is 0 Å². The van der Waals surface area contributed by atoms with E-state index in [1.165, 1.54) is 49.1 Å². The van der Waals surface area contributed by atoms with Crippen LogP contribution in [0.5, 0.6) is 5.75 Å². The Balaban J connectivity index is 1.45. The zero-order valence-electron chi connectivity index (χ0n) is 15.1. The molecule has 2 aromatic rings. The van der Waals surface area contributed by atoms with Gasteiger partial charge < -0.3 is 10.1 Å². The zero-order chi connectivity index (χ0) is 19.1. The van der Waals surface area contributed by atoms with Gasteiger partial charge in [0, 0.05) is 24.4 Å². The molecular weight excluding hydrogens is 346 g/mol. The third-order valence-corrected chi connectivity index (χ3v) is 4.51. The lowest BCUT2D eigenvalue weighted by Crippen LogP contribution is -2.29. The predicted octanol–water partition coefficient (Wildman–Crippen LogP) is 3.60. The second-order valence-corrected chi connectivity index (χ2v) is 6.62. The quantitative estimate of drug-likeness (QED) is 0.595. The van der Waals surface area contributed by atoms with Gasteiger partial charge in [-0.1, -0.05) is 18.6 Å².